The van der Waals surface area contributed by atoms with Crippen molar-refractivity contribution in [1.29, 1.82) is 0 Å². The van der Waals surface area contributed by atoms with Crippen molar-refractivity contribution < 1.29 is 18.7 Å². The zero-order chi connectivity index (χ0) is 23.9. The van der Waals surface area contributed by atoms with E-state index in [0.29, 0.717) is 24.3 Å². The number of nitrogens with one attached hydrogen (secondary N) is 2. The zero-order valence-corrected chi connectivity index (χ0v) is 20.1. The van der Waals surface area contributed by atoms with Crippen molar-refractivity contribution in [2.24, 2.45) is 5.41 Å². The molecule has 1 aromatic heterocycles. The first-order valence-electron chi connectivity index (χ1n) is 12.1. The molecule has 0 bridgehead atoms. The van der Waals surface area contributed by atoms with E-state index in [1.807, 2.05) is 48.2 Å². The number of hydrogen-bond donors (Lipinski definition) is 2. The lowest BCUT2D eigenvalue weighted by atomic mass is 9.74. The SMILES string of the molecule is Cc1ccc(C2C3=C(CC(C)(C)CC3=O)Nc3ccccc3N2CC(=O)NCC2CCCO2)o1. The van der Waals surface area contributed by atoms with Crippen LogP contribution in [0.2, 0.25) is 0 Å². The summed E-state index contributed by atoms with van der Waals surface area (Å²) in [5.41, 5.74) is 3.22. The molecule has 0 saturated carbocycles. The van der Waals surface area contributed by atoms with E-state index in [2.05, 4.69) is 24.5 Å². The molecule has 2 N–H and O–H groups in total. The van der Waals surface area contributed by atoms with Crippen LogP contribution in [-0.2, 0) is 14.3 Å². The molecule has 1 aromatic carbocycles. The Morgan fingerprint density at radius 1 is 1.21 bits per heavy atom. The molecule has 0 spiro atoms. The van der Waals surface area contributed by atoms with Crippen molar-refractivity contribution >= 4 is 23.1 Å². The van der Waals surface area contributed by atoms with Gasteiger partial charge in [-0.05, 0) is 55.9 Å². The van der Waals surface area contributed by atoms with E-state index in [9.17, 15) is 9.59 Å². The van der Waals surface area contributed by atoms with Crippen molar-refractivity contribution in [3.8, 4) is 0 Å². The summed E-state index contributed by atoms with van der Waals surface area (Å²) in [6.07, 6.45) is 3.27. The Kier molecular flexibility index (Phi) is 5.98. The molecule has 5 rings (SSSR count). The first-order valence-corrected chi connectivity index (χ1v) is 12.1. The summed E-state index contributed by atoms with van der Waals surface area (Å²) in [5.74, 6) is 1.43. The van der Waals surface area contributed by atoms with E-state index >= 15 is 0 Å². The monoisotopic (exact) mass is 463 g/mol. The van der Waals surface area contributed by atoms with Gasteiger partial charge in [0.2, 0.25) is 5.91 Å². The number of nitrogens with zero attached hydrogens (tertiary/aromatic N) is 1. The largest absolute Gasteiger partial charge is 0.464 e. The summed E-state index contributed by atoms with van der Waals surface area (Å²) >= 11 is 0. The molecular weight excluding hydrogens is 430 g/mol. The molecule has 0 radical (unpaired) electrons. The van der Waals surface area contributed by atoms with Gasteiger partial charge in [-0.15, -0.1) is 0 Å². The first kappa shape index (κ1) is 22.7. The quantitative estimate of drug-likeness (QED) is 0.679. The summed E-state index contributed by atoms with van der Waals surface area (Å²) < 4.78 is 11.7. The smallest absolute Gasteiger partial charge is 0.239 e. The molecule has 1 amide bonds. The van der Waals surface area contributed by atoms with Crippen LogP contribution in [0.25, 0.3) is 0 Å². The maximum Gasteiger partial charge on any atom is 0.239 e. The maximum atomic E-state index is 13.6. The van der Waals surface area contributed by atoms with Crippen LogP contribution in [0.4, 0.5) is 11.4 Å². The zero-order valence-electron chi connectivity index (χ0n) is 20.1. The van der Waals surface area contributed by atoms with E-state index in [1.165, 1.54) is 0 Å². The van der Waals surface area contributed by atoms with Crippen LogP contribution in [0, 0.1) is 12.3 Å². The van der Waals surface area contributed by atoms with E-state index in [1.54, 1.807) is 0 Å². The van der Waals surface area contributed by atoms with Gasteiger partial charge in [0.15, 0.2) is 5.78 Å². The third-order valence-electron chi connectivity index (χ3n) is 6.90. The van der Waals surface area contributed by atoms with Gasteiger partial charge >= 0.3 is 0 Å². The predicted octanol–water partition coefficient (Wildman–Crippen LogP) is 4.50. The number of allylic oxidation sites excluding steroid dienone is 1. The predicted molar refractivity (Wildman–Crippen MR) is 131 cm³/mol. The standard InChI is InChI=1S/C27H33N3O4/c1-17-10-11-23(34-17)26-25-20(13-27(2,3)14-22(25)31)29-19-8-4-5-9-21(19)30(26)16-24(32)28-15-18-7-6-12-33-18/h4-5,8-11,18,26,29H,6-7,12-16H2,1-3H3,(H,28,32). The maximum absolute atomic E-state index is 13.6. The number of anilines is 2. The highest BCUT2D eigenvalue weighted by Crippen LogP contribution is 2.48. The van der Waals surface area contributed by atoms with Gasteiger partial charge in [0.1, 0.15) is 17.6 Å². The second kappa shape index (κ2) is 8.95. The number of Topliss-reactive ketones (excluding diaryl/α,β-unsaturated/α-hetero) is 1. The molecule has 1 fully saturated rings. The van der Waals surface area contributed by atoms with Gasteiger partial charge in [-0.1, -0.05) is 26.0 Å². The first-order chi connectivity index (χ1) is 16.3. The molecular formula is C27H33N3O4. The van der Waals surface area contributed by atoms with Gasteiger partial charge in [0, 0.05) is 30.8 Å². The molecule has 1 aliphatic carbocycles. The number of hydrogen-bond acceptors (Lipinski definition) is 6. The molecule has 7 heteroatoms. The molecule has 3 heterocycles. The third-order valence-corrected chi connectivity index (χ3v) is 6.90. The lowest BCUT2D eigenvalue weighted by Gasteiger charge is -2.36. The van der Waals surface area contributed by atoms with Crippen molar-refractivity contribution in [2.45, 2.75) is 58.6 Å². The summed E-state index contributed by atoms with van der Waals surface area (Å²) in [4.78, 5) is 28.7. The fourth-order valence-electron chi connectivity index (χ4n) is 5.37. The molecule has 2 aliphatic heterocycles. The highest BCUT2D eigenvalue weighted by atomic mass is 16.5. The molecule has 2 aromatic rings. The number of ether oxygens (including phenoxy) is 1. The molecule has 1 saturated heterocycles. The second-order valence-corrected chi connectivity index (χ2v) is 10.4. The van der Waals surface area contributed by atoms with E-state index in [-0.39, 0.29) is 29.8 Å². The van der Waals surface area contributed by atoms with Gasteiger partial charge in [-0.2, -0.15) is 0 Å². The van der Waals surface area contributed by atoms with Crippen LogP contribution in [0.15, 0.2) is 52.1 Å². The molecule has 7 nitrogen and oxygen atoms in total. The highest BCUT2D eigenvalue weighted by Gasteiger charge is 2.43. The Morgan fingerprint density at radius 2 is 2.03 bits per heavy atom. The van der Waals surface area contributed by atoms with Crippen molar-refractivity contribution in [1.82, 2.24) is 5.32 Å². The number of para-hydroxylation sites is 2. The number of amides is 1. The van der Waals surface area contributed by atoms with Crippen LogP contribution in [0.3, 0.4) is 0 Å². The number of benzene rings is 1. The Bertz CT molecular complexity index is 1130. The fraction of sp³-hybridized carbons (Fsp3) is 0.481. The fourth-order valence-corrected chi connectivity index (χ4v) is 5.37. The van der Waals surface area contributed by atoms with Gasteiger partial charge in [0.05, 0.1) is 24.0 Å². The van der Waals surface area contributed by atoms with Gasteiger partial charge < -0.3 is 24.7 Å². The number of ketones is 1. The molecule has 3 aliphatic rings. The van der Waals surface area contributed by atoms with Crippen molar-refractivity contribution in [3.63, 3.8) is 0 Å². The number of furan rings is 1. The lowest BCUT2D eigenvalue weighted by Crippen LogP contribution is -2.43. The average Bonchev–Trinajstić information content (AvgIpc) is 3.42. The summed E-state index contributed by atoms with van der Waals surface area (Å²) in [7, 11) is 0. The topological polar surface area (TPSA) is 83.8 Å². The summed E-state index contributed by atoms with van der Waals surface area (Å²) in [6.45, 7) is 7.49. The third kappa shape index (κ3) is 4.49. The lowest BCUT2D eigenvalue weighted by molar-refractivity contribution is -0.121. The van der Waals surface area contributed by atoms with Crippen LogP contribution in [0.5, 0.6) is 0 Å². The highest BCUT2D eigenvalue weighted by molar-refractivity contribution is 6.01. The number of carbonyl (C=O) groups excluding carboxylic acids is 2. The minimum absolute atomic E-state index is 0.0713. The number of fused-ring (bicyclic) bond motifs is 1. The van der Waals surface area contributed by atoms with Crippen LogP contribution in [0.1, 0.15) is 57.1 Å². The normalized spacial score (nSPS) is 23.7. The molecule has 180 valence electrons. The van der Waals surface area contributed by atoms with Crippen molar-refractivity contribution in [2.75, 3.05) is 29.9 Å². The van der Waals surface area contributed by atoms with Crippen molar-refractivity contribution in [3.05, 3.63) is 59.2 Å². The summed E-state index contributed by atoms with van der Waals surface area (Å²) in [6, 6.07) is 11.3. The number of aryl methyl sites for hydroxylation is 1. The minimum atomic E-state index is -0.489. The Morgan fingerprint density at radius 3 is 2.76 bits per heavy atom. The Balaban J connectivity index is 1.56. The number of carbonyl (C=O) groups is 2. The van der Waals surface area contributed by atoms with Gasteiger partial charge in [0.25, 0.3) is 0 Å². The molecule has 34 heavy (non-hydrogen) atoms. The average molecular weight is 464 g/mol. The number of rotatable bonds is 5. The van der Waals surface area contributed by atoms with E-state index in [4.69, 9.17) is 9.15 Å². The van der Waals surface area contributed by atoms with E-state index in [0.717, 1.165) is 48.7 Å². The van der Waals surface area contributed by atoms with Crippen LogP contribution < -0.4 is 15.5 Å². The Labute approximate surface area is 200 Å². The van der Waals surface area contributed by atoms with E-state index < -0.39 is 6.04 Å². The minimum Gasteiger partial charge on any atom is -0.464 e. The summed E-state index contributed by atoms with van der Waals surface area (Å²) in [5, 5.41) is 6.60. The van der Waals surface area contributed by atoms with Gasteiger partial charge in [-0.25, -0.2) is 0 Å². The van der Waals surface area contributed by atoms with Gasteiger partial charge in [-0.3, -0.25) is 9.59 Å². The van der Waals surface area contributed by atoms with Crippen LogP contribution in [-0.4, -0.2) is 37.5 Å². The van der Waals surface area contributed by atoms with Crippen LogP contribution >= 0.6 is 0 Å². The molecule has 2 unspecified atom stereocenters. The molecule has 2 atom stereocenters. The Hall–Kier alpha value is -3.06. The second-order valence-electron chi connectivity index (χ2n) is 10.4.